The molecule has 1 aromatic rings. The van der Waals surface area contributed by atoms with Crippen molar-refractivity contribution in [2.24, 2.45) is 0 Å². The molecule has 4 nitrogen and oxygen atoms in total. The normalized spacial score (nSPS) is 26.5. The van der Waals surface area contributed by atoms with Crippen molar-refractivity contribution >= 4 is 18.3 Å². The van der Waals surface area contributed by atoms with Crippen LogP contribution in [0, 0.1) is 0 Å². The molecule has 0 radical (unpaired) electrons. The number of aliphatic hydroxyl groups excluding tert-OH is 1. The zero-order valence-corrected chi connectivity index (χ0v) is 12.9. The second kappa shape index (κ2) is 6.77. The van der Waals surface area contributed by atoms with Gasteiger partial charge in [-0.1, -0.05) is 36.8 Å². The standard InChI is InChI=1S/C16H22N2O2.ClH/c19-13-9-14(17-10-13)15(20)18-11-16(7-4-8-16)12-5-2-1-3-6-12;/h1-3,5-6,13-14,17,19H,4,7-11H2,(H,18,20);1H. The number of halogens is 1. The highest BCUT2D eigenvalue weighted by atomic mass is 35.5. The van der Waals surface area contributed by atoms with Gasteiger partial charge in [0.15, 0.2) is 0 Å². The monoisotopic (exact) mass is 310 g/mol. The second-order valence-corrected chi connectivity index (χ2v) is 6.07. The topological polar surface area (TPSA) is 61.4 Å². The van der Waals surface area contributed by atoms with Crippen LogP contribution in [0.5, 0.6) is 0 Å². The van der Waals surface area contributed by atoms with Gasteiger partial charge in [0.2, 0.25) is 5.91 Å². The molecule has 3 N–H and O–H groups in total. The van der Waals surface area contributed by atoms with E-state index in [1.165, 1.54) is 12.0 Å². The van der Waals surface area contributed by atoms with Gasteiger partial charge in [0.05, 0.1) is 12.1 Å². The van der Waals surface area contributed by atoms with Crippen molar-refractivity contribution in [2.75, 3.05) is 13.1 Å². The Balaban J connectivity index is 0.00000161. The molecule has 116 valence electrons. The van der Waals surface area contributed by atoms with Crippen LogP contribution in [0.15, 0.2) is 30.3 Å². The molecule has 1 saturated heterocycles. The Labute approximate surface area is 131 Å². The van der Waals surface area contributed by atoms with Crippen molar-refractivity contribution in [1.82, 2.24) is 10.6 Å². The summed E-state index contributed by atoms with van der Waals surface area (Å²) in [5.41, 5.74) is 1.44. The van der Waals surface area contributed by atoms with E-state index >= 15 is 0 Å². The highest BCUT2D eigenvalue weighted by molar-refractivity contribution is 5.85. The molecule has 1 aliphatic carbocycles. The van der Waals surface area contributed by atoms with Gasteiger partial charge in [0, 0.05) is 18.5 Å². The van der Waals surface area contributed by atoms with Gasteiger partial charge in [0.1, 0.15) is 0 Å². The van der Waals surface area contributed by atoms with Gasteiger partial charge in [-0.05, 0) is 24.8 Å². The molecule has 0 spiro atoms. The fourth-order valence-electron chi connectivity index (χ4n) is 3.26. The molecular formula is C16H23ClN2O2. The van der Waals surface area contributed by atoms with Gasteiger partial charge >= 0.3 is 0 Å². The highest BCUT2D eigenvalue weighted by Crippen LogP contribution is 2.43. The predicted molar refractivity (Wildman–Crippen MR) is 84.6 cm³/mol. The first-order chi connectivity index (χ1) is 9.70. The van der Waals surface area contributed by atoms with Gasteiger partial charge in [0.25, 0.3) is 0 Å². The van der Waals surface area contributed by atoms with E-state index in [4.69, 9.17) is 0 Å². The number of hydrogen-bond donors (Lipinski definition) is 3. The lowest BCUT2D eigenvalue weighted by molar-refractivity contribution is -0.123. The average Bonchev–Trinajstić information content (AvgIpc) is 2.85. The zero-order valence-electron chi connectivity index (χ0n) is 12.0. The van der Waals surface area contributed by atoms with Gasteiger partial charge in [-0.2, -0.15) is 0 Å². The molecule has 0 bridgehead atoms. The quantitative estimate of drug-likeness (QED) is 0.787. The fourth-order valence-corrected chi connectivity index (χ4v) is 3.26. The summed E-state index contributed by atoms with van der Waals surface area (Å²) in [5.74, 6) is 0.0174. The van der Waals surface area contributed by atoms with Gasteiger partial charge < -0.3 is 15.7 Å². The first kappa shape index (κ1) is 16.3. The molecule has 2 atom stereocenters. The summed E-state index contributed by atoms with van der Waals surface area (Å²) < 4.78 is 0. The number of carbonyl (C=O) groups is 1. The maximum Gasteiger partial charge on any atom is 0.237 e. The lowest BCUT2D eigenvalue weighted by atomic mass is 9.64. The van der Waals surface area contributed by atoms with E-state index in [0.717, 1.165) is 12.8 Å². The molecular weight excluding hydrogens is 288 g/mol. The number of carbonyl (C=O) groups excluding carboxylic acids is 1. The summed E-state index contributed by atoms with van der Waals surface area (Å²) in [6.45, 7) is 1.21. The SMILES string of the molecule is Cl.O=C(NCC1(c2ccccc2)CCC1)C1CC(O)CN1. The van der Waals surface area contributed by atoms with Crippen LogP contribution in [-0.2, 0) is 10.2 Å². The Hall–Kier alpha value is -1.10. The summed E-state index contributed by atoms with van der Waals surface area (Å²) in [4.78, 5) is 12.1. The second-order valence-electron chi connectivity index (χ2n) is 6.07. The summed E-state index contributed by atoms with van der Waals surface area (Å²) >= 11 is 0. The molecule has 1 amide bonds. The molecule has 2 aliphatic rings. The number of amides is 1. The molecule has 2 fully saturated rings. The summed E-state index contributed by atoms with van der Waals surface area (Å²) in [7, 11) is 0. The van der Waals surface area contributed by atoms with Crippen LogP contribution in [0.25, 0.3) is 0 Å². The molecule has 2 unspecified atom stereocenters. The van der Waals surface area contributed by atoms with E-state index in [1.807, 2.05) is 6.07 Å². The Bertz CT molecular complexity index is 476. The molecule has 1 heterocycles. The first-order valence-electron chi connectivity index (χ1n) is 7.44. The Morgan fingerprint density at radius 1 is 1.33 bits per heavy atom. The maximum absolute atomic E-state index is 12.1. The van der Waals surface area contributed by atoms with Gasteiger partial charge in [-0.3, -0.25) is 4.79 Å². The number of benzene rings is 1. The Kier molecular flexibility index (Phi) is 5.25. The highest BCUT2D eigenvalue weighted by Gasteiger charge is 2.39. The van der Waals surface area contributed by atoms with Gasteiger partial charge in [-0.15, -0.1) is 12.4 Å². The Morgan fingerprint density at radius 2 is 2.05 bits per heavy atom. The number of aliphatic hydroxyl groups is 1. The average molecular weight is 311 g/mol. The third-order valence-electron chi connectivity index (χ3n) is 4.72. The molecule has 1 aliphatic heterocycles. The fraction of sp³-hybridized carbons (Fsp3) is 0.562. The van der Waals surface area contributed by atoms with Crippen LogP contribution in [-0.4, -0.2) is 36.2 Å². The minimum absolute atomic E-state index is 0. The van der Waals surface area contributed by atoms with Crippen molar-refractivity contribution in [2.45, 2.75) is 43.2 Å². The van der Waals surface area contributed by atoms with Crippen LogP contribution < -0.4 is 10.6 Å². The maximum atomic E-state index is 12.1. The van der Waals surface area contributed by atoms with Gasteiger partial charge in [-0.25, -0.2) is 0 Å². The minimum Gasteiger partial charge on any atom is -0.392 e. The van der Waals surface area contributed by atoms with E-state index in [9.17, 15) is 9.90 Å². The van der Waals surface area contributed by atoms with Crippen LogP contribution in [0.4, 0.5) is 0 Å². The smallest absolute Gasteiger partial charge is 0.237 e. The third-order valence-corrected chi connectivity index (χ3v) is 4.72. The summed E-state index contributed by atoms with van der Waals surface area (Å²) in [6, 6.07) is 10.2. The van der Waals surface area contributed by atoms with Crippen molar-refractivity contribution in [1.29, 1.82) is 0 Å². The lowest BCUT2D eigenvalue weighted by Crippen LogP contribution is -2.49. The number of nitrogens with one attached hydrogen (secondary N) is 2. The third kappa shape index (κ3) is 3.39. The molecule has 1 saturated carbocycles. The van der Waals surface area contributed by atoms with Crippen LogP contribution in [0.3, 0.4) is 0 Å². The van der Waals surface area contributed by atoms with E-state index in [0.29, 0.717) is 19.5 Å². The number of rotatable bonds is 4. The van der Waals surface area contributed by atoms with Crippen molar-refractivity contribution in [3.05, 3.63) is 35.9 Å². The Morgan fingerprint density at radius 3 is 2.57 bits per heavy atom. The first-order valence-corrected chi connectivity index (χ1v) is 7.44. The van der Waals surface area contributed by atoms with Crippen molar-refractivity contribution < 1.29 is 9.90 Å². The molecule has 5 heteroatoms. The minimum atomic E-state index is -0.391. The summed E-state index contributed by atoms with van der Waals surface area (Å²) in [6.07, 6.45) is 3.63. The van der Waals surface area contributed by atoms with Crippen molar-refractivity contribution in [3.63, 3.8) is 0 Å². The molecule has 3 rings (SSSR count). The summed E-state index contributed by atoms with van der Waals surface area (Å²) in [5, 5.41) is 15.6. The van der Waals surface area contributed by atoms with E-state index in [1.54, 1.807) is 0 Å². The lowest BCUT2D eigenvalue weighted by Gasteiger charge is -2.42. The van der Waals surface area contributed by atoms with Crippen LogP contribution in [0.1, 0.15) is 31.2 Å². The van der Waals surface area contributed by atoms with Crippen LogP contribution >= 0.6 is 12.4 Å². The molecule has 1 aromatic carbocycles. The van der Waals surface area contributed by atoms with Crippen molar-refractivity contribution in [3.8, 4) is 0 Å². The van der Waals surface area contributed by atoms with E-state index in [2.05, 4.69) is 34.9 Å². The molecule has 0 aromatic heterocycles. The zero-order chi connectivity index (χ0) is 14.0. The van der Waals surface area contributed by atoms with E-state index < -0.39 is 6.10 Å². The number of hydrogen-bond acceptors (Lipinski definition) is 3. The largest absolute Gasteiger partial charge is 0.392 e. The number of β-amino-alcohol motifs (C(OH)–C–C–N with tert-alkyl or cyclic N) is 1. The van der Waals surface area contributed by atoms with E-state index in [-0.39, 0.29) is 29.8 Å². The van der Waals surface area contributed by atoms with Crippen LogP contribution in [0.2, 0.25) is 0 Å². The predicted octanol–water partition coefficient (Wildman–Crippen LogP) is 1.37. The molecule has 21 heavy (non-hydrogen) atoms.